The van der Waals surface area contributed by atoms with Crippen LogP contribution in [0.2, 0.25) is 0 Å². The fourth-order valence-corrected chi connectivity index (χ4v) is 3.67. The predicted molar refractivity (Wildman–Crippen MR) is 75.3 cm³/mol. The first kappa shape index (κ1) is 15.9. The van der Waals surface area contributed by atoms with E-state index in [1.807, 2.05) is 0 Å². The van der Waals surface area contributed by atoms with Gasteiger partial charge in [-0.25, -0.2) is 0 Å². The Labute approximate surface area is 119 Å². The molecule has 116 valence electrons. The molecule has 2 aliphatic rings. The molecule has 0 spiro atoms. The van der Waals surface area contributed by atoms with Crippen LogP contribution in [0.25, 0.3) is 0 Å². The molecule has 0 amide bonds. The molecule has 2 N–H and O–H groups in total. The largest absolute Gasteiger partial charge is 0.391 e. The van der Waals surface area contributed by atoms with Crippen LogP contribution >= 0.6 is 0 Å². The molecule has 3 unspecified atom stereocenters. The molecule has 0 aliphatic heterocycles. The molecule has 0 radical (unpaired) electrons. The highest BCUT2D eigenvalue weighted by atomic mass is 19.4. The minimum Gasteiger partial charge on any atom is -0.324 e. The number of hydrogen-bond donors (Lipinski definition) is 1. The van der Waals surface area contributed by atoms with E-state index in [4.69, 9.17) is 5.73 Å². The van der Waals surface area contributed by atoms with Gasteiger partial charge in [0, 0.05) is 6.04 Å². The van der Waals surface area contributed by atoms with Crippen molar-refractivity contribution in [3.63, 3.8) is 0 Å². The minimum absolute atomic E-state index is 0.0149. The number of alkyl halides is 3. The summed E-state index contributed by atoms with van der Waals surface area (Å²) >= 11 is 0. The number of rotatable bonds is 2. The summed E-state index contributed by atoms with van der Waals surface area (Å²) in [5, 5.41) is 0. The zero-order valence-corrected chi connectivity index (χ0v) is 12.1. The molecule has 20 heavy (non-hydrogen) atoms. The molecule has 2 rings (SSSR count). The molecule has 0 bridgehead atoms. The quantitative estimate of drug-likeness (QED) is 0.714. The van der Waals surface area contributed by atoms with Crippen LogP contribution in [0.1, 0.15) is 64.2 Å². The molecule has 0 aromatic heterocycles. The van der Waals surface area contributed by atoms with E-state index in [0.717, 1.165) is 25.7 Å². The summed E-state index contributed by atoms with van der Waals surface area (Å²) in [6.45, 7) is 0. The van der Waals surface area contributed by atoms with Gasteiger partial charge < -0.3 is 5.73 Å². The summed E-state index contributed by atoms with van der Waals surface area (Å²) in [4.78, 5) is 0. The second-order valence-electron chi connectivity index (χ2n) is 6.42. The third-order valence-electron chi connectivity index (χ3n) is 4.94. The van der Waals surface area contributed by atoms with Crippen molar-refractivity contribution in [1.29, 1.82) is 0 Å². The summed E-state index contributed by atoms with van der Waals surface area (Å²) in [5.41, 5.74) is 7.53. The summed E-state index contributed by atoms with van der Waals surface area (Å²) in [5.74, 6) is -1.12. The van der Waals surface area contributed by atoms with E-state index in [2.05, 4.69) is 6.08 Å². The van der Waals surface area contributed by atoms with Crippen LogP contribution in [0.5, 0.6) is 0 Å². The average molecular weight is 289 g/mol. The zero-order valence-electron chi connectivity index (χ0n) is 12.1. The second-order valence-corrected chi connectivity index (χ2v) is 6.42. The van der Waals surface area contributed by atoms with E-state index in [0.29, 0.717) is 6.42 Å². The lowest BCUT2D eigenvalue weighted by molar-refractivity contribution is -0.186. The van der Waals surface area contributed by atoms with Crippen molar-refractivity contribution < 1.29 is 13.2 Å². The van der Waals surface area contributed by atoms with Gasteiger partial charge in [-0.05, 0) is 50.9 Å². The van der Waals surface area contributed by atoms with E-state index in [-0.39, 0.29) is 24.8 Å². The van der Waals surface area contributed by atoms with Gasteiger partial charge in [-0.15, -0.1) is 0 Å². The maximum absolute atomic E-state index is 12.9. The molecule has 0 heterocycles. The Kier molecular flexibility index (Phi) is 5.53. The molecule has 3 atom stereocenters. The molecule has 2 aliphatic carbocycles. The van der Waals surface area contributed by atoms with E-state index in [1.54, 1.807) is 0 Å². The fraction of sp³-hybridized carbons (Fsp3) is 0.875. The third kappa shape index (κ3) is 4.24. The van der Waals surface area contributed by atoms with Gasteiger partial charge in [0.15, 0.2) is 0 Å². The van der Waals surface area contributed by atoms with Crippen LogP contribution in [-0.2, 0) is 0 Å². The summed E-state index contributed by atoms with van der Waals surface area (Å²) in [6.07, 6.45) is 7.01. The van der Waals surface area contributed by atoms with Crippen molar-refractivity contribution in [3.05, 3.63) is 11.6 Å². The molecule has 1 nitrogen and oxygen atoms in total. The molecule has 1 saturated carbocycles. The highest BCUT2D eigenvalue weighted by Gasteiger charge is 2.43. The van der Waals surface area contributed by atoms with E-state index < -0.39 is 12.1 Å². The Morgan fingerprint density at radius 1 is 1.05 bits per heavy atom. The van der Waals surface area contributed by atoms with Crippen LogP contribution < -0.4 is 5.73 Å². The maximum atomic E-state index is 12.9. The van der Waals surface area contributed by atoms with Gasteiger partial charge in [-0.3, -0.25) is 0 Å². The van der Waals surface area contributed by atoms with Gasteiger partial charge in [0.05, 0.1) is 5.92 Å². The molecular weight excluding hydrogens is 263 g/mol. The van der Waals surface area contributed by atoms with Crippen LogP contribution in [0.3, 0.4) is 0 Å². The first-order valence-corrected chi connectivity index (χ1v) is 7.99. The van der Waals surface area contributed by atoms with Crippen molar-refractivity contribution in [3.8, 4) is 0 Å². The van der Waals surface area contributed by atoms with Crippen LogP contribution in [-0.4, -0.2) is 12.2 Å². The zero-order chi connectivity index (χ0) is 14.6. The first-order chi connectivity index (χ1) is 9.48. The monoisotopic (exact) mass is 289 g/mol. The van der Waals surface area contributed by atoms with Crippen molar-refractivity contribution in [1.82, 2.24) is 0 Å². The Bertz CT molecular complexity index is 335. The van der Waals surface area contributed by atoms with Gasteiger partial charge in [0.1, 0.15) is 0 Å². The summed E-state index contributed by atoms with van der Waals surface area (Å²) in [6, 6.07) is -0.154. The van der Waals surface area contributed by atoms with E-state index >= 15 is 0 Å². The van der Waals surface area contributed by atoms with Crippen LogP contribution in [0.15, 0.2) is 11.6 Å². The lowest BCUT2D eigenvalue weighted by Gasteiger charge is -2.35. The van der Waals surface area contributed by atoms with Crippen molar-refractivity contribution >= 4 is 0 Å². The van der Waals surface area contributed by atoms with Gasteiger partial charge in [-0.2, -0.15) is 13.2 Å². The molecule has 0 aromatic carbocycles. The maximum Gasteiger partial charge on any atom is 0.391 e. The van der Waals surface area contributed by atoms with Gasteiger partial charge in [-0.1, -0.05) is 30.9 Å². The average Bonchev–Trinajstić information content (AvgIpc) is 2.37. The molecular formula is C16H26F3N. The Hall–Kier alpha value is -0.510. The molecule has 0 saturated heterocycles. The minimum atomic E-state index is -4.05. The van der Waals surface area contributed by atoms with Gasteiger partial charge in [0.2, 0.25) is 0 Å². The number of nitrogens with two attached hydrogens (primary N) is 1. The molecule has 4 heteroatoms. The SMILES string of the molecule is NC(C1=CCCCCCC1)C1CCCC(C(F)(F)F)C1. The van der Waals surface area contributed by atoms with Crippen molar-refractivity contribution in [2.45, 2.75) is 76.4 Å². The van der Waals surface area contributed by atoms with Crippen LogP contribution in [0, 0.1) is 11.8 Å². The highest BCUT2D eigenvalue weighted by molar-refractivity contribution is 5.13. The third-order valence-corrected chi connectivity index (χ3v) is 4.94. The topological polar surface area (TPSA) is 26.0 Å². The van der Waals surface area contributed by atoms with E-state index in [9.17, 15) is 13.2 Å². The first-order valence-electron chi connectivity index (χ1n) is 7.99. The summed E-state index contributed by atoms with van der Waals surface area (Å²) < 4.78 is 38.7. The predicted octanol–water partition coefficient (Wildman–Crippen LogP) is 4.96. The van der Waals surface area contributed by atoms with Gasteiger partial charge in [0.25, 0.3) is 0 Å². The second kappa shape index (κ2) is 6.97. The lowest BCUT2D eigenvalue weighted by Crippen LogP contribution is -2.38. The van der Waals surface area contributed by atoms with Crippen LogP contribution in [0.4, 0.5) is 13.2 Å². The fourth-order valence-electron chi connectivity index (χ4n) is 3.67. The van der Waals surface area contributed by atoms with Crippen molar-refractivity contribution in [2.24, 2.45) is 17.6 Å². The number of hydrogen-bond acceptors (Lipinski definition) is 1. The van der Waals surface area contributed by atoms with Gasteiger partial charge >= 0.3 is 6.18 Å². The molecule has 0 aromatic rings. The van der Waals surface area contributed by atoms with Crippen molar-refractivity contribution in [2.75, 3.05) is 0 Å². The normalized spacial score (nSPS) is 31.1. The number of allylic oxidation sites excluding steroid dienone is 1. The standard InChI is InChI=1S/C16H26F3N/c17-16(18,19)14-10-6-9-13(11-14)15(20)12-7-4-2-1-3-5-8-12/h7,13-15H,1-6,8-11,20H2. The number of halogens is 3. The Morgan fingerprint density at radius 3 is 2.55 bits per heavy atom. The Morgan fingerprint density at radius 2 is 1.80 bits per heavy atom. The Balaban J connectivity index is 1.98. The van der Waals surface area contributed by atoms with E-state index in [1.165, 1.54) is 24.8 Å². The molecule has 1 fully saturated rings. The highest BCUT2D eigenvalue weighted by Crippen LogP contribution is 2.42. The summed E-state index contributed by atoms with van der Waals surface area (Å²) in [7, 11) is 0. The lowest BCUT2D eigenvalue weighted by atomic mass is 9.75. The smallest absolute Gasteiger partial charge is 0.324 e.